The van der Waals surface area contributed by atoms with Gasteiger partial charge in [0.05, 0.1) is 11.3 Å². The van der Waals surface area contributed by atoms with E-state index in [1.165, 1.54) is 0 Å². The number of amides is 2. The van der Waals surface area contributed by atoms with Crippen molar-refractivity contribution in [1.29, 1.82) is 0 Å². The van der Waals surface area contributed by atoms with Crippen LogP contribution in [-0.4, -0.2) is 66.3 Å². The summed E-state index contributed by atoms with van der Waals surface area (Å²) in [6, 6.07) is 13.8. The molecule has 0 saturated carbocycles. The van der Waals surface area contributed by atoms with Gasteiger partial charge in [0.15, 0.2) is 0 Å². The van der Waals surface area contributed by atoms with Gasteiger partial charge in [-0.2, -0.15) is 0 Å². The normalized spacial score (nSPS) is 19.7. The molecule has 0 radical (unpaired) electrons. The molecule has 0 spiro atoms. The van der Waals surface area contributed by atoms with Crippen LogP contribution in [0.3, 0.4) is 0 Å². The fourth-order valence-corrected chi connectivity index (χ4v) is 5.89. The number of nitrogens with zero attached hydrogens (tertiary/aromatic N) is 2. The predicted molar refractivity (Wildman–Crippen MR) is 165 cm³/mol. The van der Waals surface area contributed by atoms with Gasteiger partial charge in [-0.3, -0.25) is 0 Å². The van der Waals surface area contributed by atoms with Crippen LogP contribution in [0.1, 0.15) is 50.3 Å². The lowest BCUT2D eigenvalue weighted by atomic mass is 9.89. The van der Waals surface area contributed by atoms with Gasteiger partial charge in [0.1, 0.15) is 12.4 Å². The highest BCUT2D eigenvalue weighted by Crippen LogP contribution is 2.39. The number of aliphatic hydroxyl groups is 1. The monoisotopic (exact) mass is 576 g/mol. The summed E-state index contributed by atoms with van der Waals surface area (Å²) >= 11 is 6.08. The SMILES string of the molecule is CCNC(=O)N(Cc1ccc(Cl)cc1)[C@H]1CCN(CC/C=C2\C3=C(COc4ccc(C(C)(C)O)cc42)NCC=C3)C1. The number of benzene rings is 2. The van der Waals surface area contributed by atoms with Crippen molar-refractivity contribution in [2.75, 3.05) is 39.3 Å². The van der Waals surface area contributed by atoms with E-state index in [4.69, 9.17) is 16.3 Å². The van der Waals surface area contributed by atoms with Gasteiger partial charge >= 0.3 is 6.03 Å². The number of hydrogen-bond acceptors (Lipinski definition) is 5. The van der Waals surface area contributed by atoms with Crippen LogP contribution in [0, 0.1) is 0 Å². The van der Waals surface area contributed by atoms with Crippen molar-refractivity contribution in [3.05, 3.63) is 93.7 Å². The molecular formula is C33H41ClN4O3. The van der Waals surface area contributed by atoms with Crippen molar-refractivity contribution < 1.29 is 14.6 Å². The smallest absolute Gasteiger partial charge is 0.317 e. The predicted octanol–water partition coefficient (Wildman–Crippen LogP) is 5.45. The van der Waals surface area contributed by atoms with Crippen molar-refractivity contribution in [3.8, 4) is 5.75 Å². The first-order chi connectivity index (χ1) is 19.7. The van der Waals surface area contributed by atoms with E-state index in [1.807, 2.05) is 62.1 Å². The highest BCUT2D eigenvalue weighted by Gasteiger charge is 2.31. The number of fused-ring (bicyclic) bond motifs is 1. The Morgan fingerprint density at radius 1 is 1.27 bits per heavy atom. The standard InChI is InChI=1S/C33H41ClN4O3/c1-4-35-32(39)38(20-23-9-12-25(34)13-10-23)26-15-18-37(21-26)17-6-8-27-28-7-5-16-36-30(28)22-41-31-14-11-24(19-29(27)31)33(2,3)40/h5,7-14,19,26,36,40H,4,6,15-18,20-22H2,1-3H3,(H,35,39)/b27-8+/t26-/m0/s1. The first-order valence-corrected chi connectivity index (χ1v) is 15.0. The number of nitrogens with one attached hydrogen (secondary N) is 2. The van der Waals surface area contributed by atoms with Crippen molar-refractivity contribution in [2.45, 2.75) is 51.8 Å². The van der Waals surface area contributed by atoms with Crippen LogP contribution in [0.5, 0.6) is 5.75 Å². The number of carbonyl (C=O) groups is 1. The van der Waals surface area contributed by atoms with Gasteiger partial charge in [-0.1, -0.05) is 48.0 Å². The molecule has 1 fully saturated rings. The zero-order chi connectivity index (χ0) is 29.0. The van der Waals surface area contributed by atoms with Gasteiger partial charge < -0.3 is 30.3 Å². The first kappa shape index (κ1) is 29.2. The number of halogens is 1. The molecule has 2 amide bonds. The largest absolute Gasteiger partial charge is 0.487 e. The summed E-state index contributed by atoms with van der Waals surface area (Å²) in [5.74, 6) is 0.829. The molecule has 7 nitrogen and oxygen atoms in total. The second-order valence-electron chi connectivity index (χ2n) is 11.5. The summed E-state index contributed by atoms with van der Waals surface area (Å²) in [6.45, 7) is 10.7. The molecule has 3 N–H and O–H groups in total. The Morgan fingerprint density at radius 2 is 2.07 bits per heavy atom. The van der Waals surface area contributed by atoms with Crippen molar-refractivity contribution in [3.63, 3.8) is 0 Å². The Morgan fingerprint density at radius 3 is 2.83 bits per heavy atom. The van der Waals surface area contributed by atoms with Crippen LogP contribution in [0.4, 0.5) is 4.79 Å². The van der Waals surface area contributed by atoms with Crippen LogP contribution in [-0.2, 0) is 12.1 Å². The molecule has 218 valence electrons. The number of hydrogen-bond donors (Lipinski definition) is 3. The maximum absolute atomic E-state index is 13.0. The molecule has 3 heterocycles. The fourth-order valence-electron chi connectivity index (χ4n) is 5.76. The molecule has 5 rings (SSSR count). The Kier molecular flexibility index (Phi) is 9.07. The second kappa shape index (κ2) is 12.7. The average Bonchev–Trinajstić information content (AvgIpc) is 3.36. The second-order valence-corrected chi connectivity index (χ2v) is 11.9. The molecule has 0 bridgehead atoms. The summed E-state index contributed by atoms with van der Waals surface area (Å²) in [4.78, 5) is 17.4. The number of allylic oxidation sites excluding steroid dienone is 3. The molecule has 1 saturated heterocycles. The molecule has 3 aliphatic heterocycles. The zero-order valence-corrected chi connectivity index (χ0v) is 25.0. The lowest BCUT2D eigenvalue weighted by Gasteiger charge is -2.29. The van der Waals surface area contributed by atoms with Crippen molar-refractivity contribution in [1.82, 2.24) is 20.4 Å². The molecule has 0 aromatic heterocycles. The summed E-state index contributed by atoms with van der Waals surface area (Å²) in [5, 5.41) is 17.9. The molecular weight excluding hydrogens is 536 g/mol. The van der Waals surface area contributed by atoms with E-state index in [0.717, 1.165) is 78.3 Å². The third-order valence-electron chi connectivity index (χ3n) is 8.02. The van der Waals surface area contributed by atoms with Crippen LogP contribution in [0.25, 0.3) is 5.57 Å². The Hall–Kier alpha value is -3.26. The quantitative estimate of drug-likeness (QED) is 0.389. The molecule has 2 aromatic carbocycles. The summed E-state index contributed by atoms with van der Waals surface area (Å²) in [7, 11) is 0. The van der Waals surface area contributed by atoms with Crippen LogP contribution < -0.4 is 15.4 Å². The highest BCUT2D eigenvalue weighted by molar-refractivity contribution is 6.30. The molecule has 1 atom stereocenters. The maximum atomic E-state index is 13.0. The number of ether oxygens (including phenoxy) is 1. The number of carbonyl (C=O) groups excluding carboxylic acids is 1. The van der Waals surface area contributed by atoms with E-state index in [-0.39, 0.29) is 12.1 Å². The van der Waals surface area contributed by atoms with Crippen LogP contribution in [0.15, 0.2) is 72.0 Å². The molecule has 0 unspecified atom stereocenters. The molecule has 2 aromatic rings. The van der Waals surface area contributed by atoms with Crippen LogP contribution in [0.2, 0.25) is 5.02 Å². The minimum atomic E-state index is -0.948. The third-order valence-corrected chi connectivity index (χ3v) is 8.27. The lowest BCUT2D eigenvalue weighted by molar-refractivity contribution is 0.0785. The topological polar surface area (TPSA) is 77.1 Å². The lowest BCUT2D eigenvalue weighted by Crippen LogP contribution is -2.46. The number of rotatable bonds is 8. The molecule has 41 heavy (non-hydrogen) atoms. The van der Waals surface area contributed by atoms with Gasteiger partial charge in [0, 0.05) is 61.5 Å². The van der Waals surface area contributed by atoms with Crippen molar-refractivity contribution in [2.24, 2.45) is 0 Å². The Labute approximate surface area is 248 Å². The van der Waals surface area contributed by atoms with E-state index in [0.29, 0.717) is 24.7 Å². The van der Waals surface area contributed by atoms with Crippen LogP contribution >= 0.6 is 11.6 Å². The van der Waals surface area contributed by atoms with Gasteiger partial charge in [-0.05, 0) is 74.6 Å². The third kappa shape index (κ3) is 6.97. The number of urea groups is 1. The Balaban J connectivity index is 1.32. The highest BCUT2D eigenvalue weighted by atomic mass is 35.5. The molecule has 8 heteroatoms. The number of dihydropyridines is 1. The molecule has 3 aliphatic rings. The van der Waals surface area contributed by atoms with E-state index in [2.05, 4.69) is 39.8 Å². The maximum Gasteiger partial charge on any atom is 0.317 e. The minimum absolute atomic E-state index is 0.0230. The summed E-state index contributed by atoms with van der Waals surface area (Å²) < 4.78 is 6.20. The van der Waals surface area contributed by atoms with Crippen molar-refractivity contribution >= 4 is 23.2 Å². The Bertz CT molecular complexity index is 1340. The minimum Gasteiger partial charge on any atom is -0.487 e. The van der Waals surface area contributed by atoms with E-state index >= 15 is 0 Å². The molecule has 0 aliphatic carbocycles. The van der Waals surface area contributed by atoms with Gasteiger partial charge in [-0.25, -0.2) is 4.79 Å². The number of likely N-dealkylation sites (tertiary alicyclic amines) is 1. The van der Waals surface area contributed by atoms with E-state index < -0.39 is 5.60 Å². The summed E-state index contributed by atoms with van der Waals surface area (Å²) in [5.41, 5.74) is 5.35. The van der Waals surface area contributed by atoms with Gasteiger partial charge in [-0.15, -0.1) is 0 Å². The average molecular weight is 577 g/mol. The van der Waals surface area contributed by atoms with Gasteiger partial charge in [0.25, 0.3) is 0 Å². The van der Waals surface area contributed by atoms with E-state index in [1.54, 1.807) is 0 Å². The first-order valence-electron chi connectivity index (χ1n) is 14.6. The fraction of sp³-hybridized carbons (Fsp3) is 0.424. The summed E-state index contributed by atoms with van der Waals surface area (Å²) in [6.07, 6.45) is 8.42. The van der Waals surface area contributed by atoms with E-state index in [9.17, 15) is 9.90 Å². The van der Waals surface area contributed by atoms with Gasteiger partial charge in [0.2, 0.25) is 0 Å². The zero-order valence-electron chi connectivity index (χ0n) is 24.3.